The molecule has 0 radical (unpaired) electrons. The fraction of sp³-hybridized carbons (Fsp3) is 0.625. The second kappa shape index (κ2) is 6.02. The van der Waals surface area contributed by atoms with Crippen LogP contribution in [0.25, 0.3) is 0 Å². The molecule has 114 valence electrons. The SMILES string of the molecule is CC(C)n1cc(C(O)Cc2ccn(C3CCCC3)n2)cn1. The molecule has 0 bridgehead atoms. The Bertz CT molecular complexity index is 581. The van der Waals surface area contributed by atoms with Crippen molar-refractivity contribution in [3.05, 3.63) is 35.9 Å². The van der Waals surface area contributed by atoms with E-state index in [1.807, 2.05) is 16.9 Å². The number of hydrogen-bond acceptors (Lipinski definition) is 3. The van der Waals surface area contributed by atoms with Gasteiger partial charge in [-0.1, -0.05) is 12.8 Å². The highest BCUT2D eigenvalue weighted by atomic mass is 16.3. The molecule has 5 heteroatoms. The quantitative estimate of drug-likeness (QED) is 0.920. The molecule has 0 aliphatic heterocycles. The lowest BCUT2D eigenvalue weighted by Gasteiger charge is -2.10. The second-order valence-corrected chi connectivity index (χ2v) is 6.29. The maximum absolute atomic E-state index is 10.3. The van der Waals surface area contributed by atoms with Crippen LogP contribution in [0.4, 0.5) is 0 Å². The summed E-state index contributed by atoms with van der Waals surface area (Å²) in [6.45, 7) is 4.15. The topological polar surface area (TPSA) is 55.9 Å². The molecule has 0 saturated heterocycles. The van der Waals surface area contributed by atoms with Gasteiger partial charge in [0.2, 0.25) is 0 Å². The minimum atomic E-state index is -0.538. The number of aliphatic hydroxyl groups is 1. The highest BCUT2D eigenvalue weighted by Gasteiger charge is 2.19. The third kappa shape index (κ3) is 3.18. The van der Waals surface area contributed by atoms with E-state index in [2.05, 4.69) is 34.9 Å². The van der Waals surface area contributed by atoms with E-state index >= 15 is 0 Å². The van der Waals surface area contributed by atoms with Gasteiger partial charge < -0.3 is 5.11 Å². The van der Waals surface area contributed by atoms with Gasteiger partial charge >= 0.3 is 0 Å². The first-order valence-electron chi connectivity index (χ1n) is 7.89. The van der Waals surface area contributed by atoms with Crippen molar-refractivity contribution in [2.45, 2.75) is 64.1 Å². The van der Waals surface area contributed by atoms with Crippen molar-refractivity contribution in [2.24, 2.45) is 0 Å². The van der Waals surface area contributed by atoms with Gasteiger partial charge in [-0.15, -0.1) is 0 Å². The van der Waals surface area contributed by atoms with Crippen molar-refractivity contribution in [2.75, 3.05) is 0 Å². The van der Waals surface area contributed by atoms with Crippen LogP contribution in [0.15, 0.2) is 24.7 Å². The molecule has 1 unspecified atom stereocenters. The molecule has 1 N–H and O–H groups in total. The Balaban J connectivity index is 1.65. The molecule has 1 atom stereocenters. The lowest BCUT2D eigenvalue weighted by molar-refractivity contribution is 0.176. The molecule has 3 rings (SSSR count). The van der Waals surface area contributed by atoms with Gasteiger partial charge in [0.1, 0.15) is 0 Å². The molecule has 2 heterocycles. The van der Waals surface area contributed by atoms with Crippen LogP contribution in [-0.2, 0) is 6.42 Å². The molecular formula is C16H24N4O. The number of rotatable bonds is 5. The average Bonchev–Trinajstić information content (AvgIpc) is 3.19. The zero-order valence-electron chi connectivity index (χ0n) is 12.8. The minimum absolute atomic E-state index is 0.313. The largest absolute Gasteiger partial charge is 0.388 e. The van der Waals surface area contributed by atoms with E-state index in [1.54, 1.807) is 6.20 Å². The molecule has 0 spiro atoms. The Morgan fingerprint density at radius 1 is 1.33 bits per heavy atom. The van der Waals surface area contributed by atoms with E-state index in [9.17, 15) is 5.11 Å². The van der Waals surface area contributed by atoms with Gasteiger partial charge in [0.25, 0.3) is 0 Å². The highest BCUT2D eigenvalue weighted by Crippen LogP contribution is 2.29. The molecule has 1 fully saturated rings. The summed E-state index contributed by atoms with van der Waals surface area (Å²) in [7, 11) is 0. The van der Waals surface area contributed by atoms with E-state index in [4.69, 9.17) is 0 Å². The number of aliphatic hydroxyl groups excluding tert-OH is 1. The zero-order chi connectivity index (χ0) is 14.8. The van der Waals surface area contributed by atoms with Crippen LogP contribution in [-0.4, -0.2) is 24.7 Å². The van der Waals surface area contributed by atoms with Gasteiger partial charge in [-0.3, -0.25) is 9.36 Å². The maximum Gasteiger partial charge on any atom is 0.0876 e. The minimum Gasteiger partial charge on any atom is -0.388 e. The predicted octanol–water partition coefficient (Wildman–Crippen LogP) is 3.05. The van der Waals surface area contributed by atoms with E-state index in [1.165, 1.54) is 25.7 Å². The summed E-state index contributed by atoms with van der Waals surface area (Å²) in [6, 6.07) is 2.89. The van der Waals surface area contributed by atoms with E-state index in [0.29, 0.717) is 18.5 Å². The first-order chi connectivity index (χ1) is 10.1. The van der Waals surface area contributed by atoms with Crippen LogP contribution >= 0.6 is 0 Å². The molecular weight excluding hydrogens is 264 g/mol. The predicted molar refractivity (Wildman–Crippen MR) is 81.0 cm³/mol. The standard InChI is InChI=1S/C16H24N4O/c1-12(2)20-11-13(10-17-20)16(21)9-14-7-8-19(18-14)15-5-3-4-6-15/h7-8,10-12,15-16,21H,3-6,9H2,1-2H3. The summed E-state index contributed by atoms with van der Waals surface area (Å²) < 4.78 is 3.95. The van der Waals surface area contributed by atoms with Crippen molar-refractivity contribution >= 4 is 0 Å². The summed E-state index contributed by atoms with van der Waals surface area (Å²) >= 11 is 0. The lowest BCUT2D eigenvalue weighted by atomic mass is 10.1. The van der Waals surface area contributed by atoms with Crippen LogP contribution in [0.2, 0.25) is 0 Å². The van der Waals surface area contributed by atoms with Gasteiger partial charge in [0.15, 0.2) is 0 Å². The van der Waals surface area contributed by atoms with Crippen LogP contribution in [0.1, 0.15) is 69.0 Å². The highest BCUT2D eigenvalue weighted by molar-refractivity contribution is 5.12. The Morgan fingerprint density at radius 2 is 2.10 bits per heavy atom. The van der Waals surface area contributed by atoms with Crippen molar-refractivity contribution in [1.82, 2.24) is 19.6 Å². The first kappa shape index (κ1) is 14.3. The third-order valence-corrected chi connectivity index (χ3v) is 4.30. The van der Waals surface area contributed by atoms with Crippen molar-refractivity contribution < 1.29 is 5.11 Å². The maximum atomic E-state index is 10.3. The fourth-order valence-corrected chi connectivity index (χ4v) is 2.98. The monoisotopic (exact) mass is 288 g/mol. The van der Waals surface area contributed by atoms with Gasteiger partial charge in [-0.25, -0.2) is 0 Å². The summed E-state index contributed by atoms with van der Waals surface area (Å²) in [6.07, 6.45) is 10.8. The van der Waals surface area contributed by atoms with Crippen LogP contribution in [0, 0.1) is 0 Å². The van der Waals surface area contributed by atoms with E-state index in [0.717, 1.165) is 11.3 Å². The average molecular weight is 288 g/mol. The molecule has 1 aliphatic carbocycles. The Labute approximate surface area is 125 Å². The smallest absolute Gasteiger partial charge is 0.0876 e. The lowest BCUT2D eigenvalue weighted by Crippen LogP contribution is -2.07. The van der Waals surface area contributed by atoms with E-state index in [-0.39, 0.29) is 0 Å². The molecule has 0 amide bonds. The van der Waals surface area contributed by atoms with Crippen LogP contribution in [0.5, 0.6) is 0 Å². The van der Waals surface area contributed by atoms with E-state index < -0.39 is 6.10 Å². The number of aromatic nitrogens is 4. The Kier molecular flexibility index (Phi) is 4.10. The summed E-state index contributed by atoms with van der Waals surface area (Å²) in [5.41, 5.74) is 1.81. The summed E-state index contributed by atoms with van der Waals surface area (Å²) in [5, 5.41) is 19.2. The molecule has 0 aromatic carbocycles. The van der Waals surface area contributed by atoms with Gasteiger partial charge in [-0.2, -0.15) is 10.2 Å². The van der Waals surface area contributed by atoms with Crippen molar-refractivity contribution in [3.63, 3.8) is 0 Å². The fourth-order valence-electron chi connectivity index (χ4n) is 2.98. The Hall–Kier alpha value is -1.62. The molecule has 1 saturated carbocycles. The molecule has 5 nitrogen and oxygen atoms in total. The van der Waals surface area contributed by atoms with Gasteiger partial charge in [0.05, 0.1) is 24.0 Å². The number of hydrogen-bond donors (Lipinski definition) is 1. The van der Waals surface area contributed by atoms with Gasteiger partial charge in [-0.05, 0) is 32.8 Å². The molecule has 2 aromatic heterocycles. The van der Waals surface area contributed by atoms with Crippen molar-refractivity contribution in [3.8, 4) is 0 Å². The van der Waals surface area contributed by atoms with Crippen LogP contribution < -0.4 is 0 Å². The van der Waals surface area contributed by atoms with Crippen molar-refractivity contribution in [1.29, 1.82) is 0 Å². The normalized spacial score (nSPS) is 17.7. The van der Waals surface area contributed by atoms with Crippen LogP contribution in [0.3, 0.4) is 0 Å². The Morgan fingerprint density at radius 3 is 2.76 bits per heavy atom. The summed E-state index contributed by atoms with van der Waals surface area (Å²) in [5.74, 6) is 0. The van der Waals surface area contributed by atoms with Gasteiger partial charge in [0, 0.05) is 30.4 Å². The first-order valence-corrected chi connectivity index (χ1v) is 7.89. The number of nitrogens with zero attached hydrogens (tertiary/aromatic N) is 4. The summed E-state index contributed by atoms with van der Waals surface area (Å²) in [4.78, 5) is 0. The third-order valence-electron chi connectivity index (χ3n) is 4.30. The zero-order valence-corrected chi connectivity index (χ0v) is 12.8. The molecule has 1 aliphatic rings. The molecule has 21 heavy (non-hydrogen) atoms. The second-order valence-electron chi connectivity index (χ2n) is 6.29. The molecule has 2 aromatic rings.